The third-order valence-corrected chi connectivity index (χ3v) is 5.46. The summed E-state index contributed by atoms with van der Waals surface area (Å²) >= 11 is 0. The second-order valence-corrected chi connectivity index (χ2v) is 7.29. The number of hydrogen-bond donors (Lipinski definition) is 0. The fourth-order valence-electron chi connectivity index (χ4n) is 3.78. The summed E-state index contributed by atoms with van der Waals surface area (Å²) in [4.78, 5) is 0. The third kappa shape index (κ3) is 5.76. The molecule has 140 valence electrons. The van der Waals surface area contributed by atoms with Gasteiger partial charge >= 0.3 is 0 Å². The van der Waals surface area contributed by atoms with Gasteiger partial charge < -0.3 is 4.74 Å². The molecular formula is C26H30O. The van der Waals surface area contributed by atoms with Crippen LogP contribution in [0.4, 0.5) is 0 Å². The molecule has 0 atom stereocenters. The molecule has 2 aromatic carbocycles. The van der Waals surface area contributed by atoms with Crippen LogP contribution in [-0.4, -0.2) is 6.61 Å². The molecule has 1 saturated carbocycles. The molecule has 0 radical (unpaired) electrons. The maximum atomic E-state index is 5.54. The highest BCUT2D eigenvalue weighted by Gasteiger charge is 2.20. The Balaban J connectivity index is 1.47. The predicted octanol–water partition coefficient (Wildman–Crippen LogP) is 6.53. The van der Waals surface area contributed by atoms with Crippen LogP contribution in [0.1, 0.15) is 62.1 Å². The number of aryl methyl sites for hydroxylation is 1. The Morgan fingerprint density at radius 3 is 2.26 bits per heavy atom. The Labute approximate surface area is 164 Å². The van der Waals surface area contributed by atoms with Gasteiger partial charge in [0.1, 0.15) is 5.75 Å². The van der Waals surface area contributed by atoms with Gasteiger partial charge in [-0.15, -0.1) is 0 Å². The molecule has 0 bridgehead atoms. The van der Waals surface area contributed by atoms with Gasteiger partial charge in [0, 0.05) is 5.56 Å². The first-order valence-electron chi connectivity index (χ1n) is 10.3. The van der Waals surface area contributed by atoms with Crippen LogP contribution >= 0.6 is 0 Å². The first kappa shape index (κ1) is 19.3. The van der Waals surface area contributed by atoms with Gasteiger partial charge in [-0.05, 0) is 92.3 Å². The van der Waals surface area contributed by atoms with Crippen molar-refractivity contribution >= 4 is 0 Å². The van der Waals surface area contributed by atoms with Gasteiger partial charge in [0.05, 0.1) is 6.61 Å². The first-order chi connectivity index (χ1) is 13.3. The molecule has 27 heavy (non-hydrogen) atoms. The Hall–Kier alpha value is -2.46. The minimum atomic E-state index is 0.667. The number of allylic oxidation sites excluding steroid dienone is 2. The van der Waals surface area contributed by atoms with E-state index in [1.807, 2.05) is 6.92 Å². The van der Waals surface area contributed by atoms with E-state index in [0.29, 0.717) is 11.8 Å². The summed E-state index contributed by atoms with van der Waals surface area (Å²) in [5.41, 5.74) is 3.91. The SMILES string of the molecule is CCOc1ccc(C2CCC(C=CC#Cc3ccc(CC)cc3)CC2)cc1. The molecule has 2 aromatic rings. The fourth-order valence-corrected chi connectivity index (χ4v) is 3.78. The average Bonchev–Trinajstić information content (AvgIpc) is 2.73. The summed E-state index contributed by atoms with van der Waals surface area (Å²) in [7, 11) is 0. The molecule has 1 nitrogen and oxygen atoms in total. The summed E-state index contributed by atoms with van der Waals surface area (Å²) in [6.07, 6.45) is 10.5. The third-order valence-electron chi connectivity index (χ3n) is 5.46. The Bertz CT molecular complexity index is 779. The molecule has 1 fully saturated rings. The summed E-state index contributed by atoms with van der Waals surface area (Å²) in [6.45, 7) is 4.92. The summed E-state index contributed by atoms with van der Waals surface area (Å²) in [6, 6.07) is 17.2. The number of ether oxygens (including phenoxy) is 1. The van der Waals surface area contributed by atoms with Crippen molar-refractivity contribution in [1.82, 2.24) is 0 Å². The predicted molar refractivity (Wildman–Crippen MR) is 114 cm³/mol. The normalized spacial score (nSPS) is 19.5. The van der Waals surface area contributed by atoms with Gasteiger partial charge in [-0.25, -0.2) is 0 Å². The lowest BCUT2D eigenvalue weighted by atomic mass is 9.78. The van der Waals surface area contributed by atoms with E-state index in [0.717, 1.165) is 24.3 Å². The monoisotopic (exact) mass is 358 g/mol. The molecule has 1 heteroatoms. The average molecular weight is 359 g/mol. The highest BCUT2D eigenvalue weighted by atomic mass is 16.5. The molecule has 1 aliphatic carbocycles. The highest BCUT2D eigenvalue weighted by Crippen LogP contribution is 2.36. The lowest BCUT2D eigenvalue weighted by Crippen LogP contribution is -2.11. The number of benzene rings is 2. The lowest BCUT2D eigenvalue weighted by Gasteiger charge is -2.27. The molecule has 1 aliphatic rings. The van der Waals surface area contributed by atoms with E-state index in [9.17, 15) is 0 Å². The van der Waals surface area contributed by atoms with Crippen molar-refractivity contribution < 1.29 is 4.74 Å². The van der Waals surface area contributed by atoms with E-state index in [1.165, 1.54) is 36.8 Å². The highest BCUT2D eigenvalue weighted by molar-refractivity contribution is 5.38. The lowest BCUT2D eigenvalue weighted by molar-refractivity contribution is 0.339. The molecule has 3 rings (SSSR count). The minimum Gasteiger partial charge on any atom is -0.494 e. The Kier molecular flexibility index (Phi) is 7.17. The van der Waals surface area contributed by atoms with Crippen LogP contribution in [0, 0.1) is 17.8 Å². The van der Waals surface area contributed by atoms with E-state index in [4.69, 9.17) is 4.74 Å². The number of hydrogen-bond acceptors (Lipinski definition) is 1. The van der Waals surface area contributed by atoms with E-state index in [2.05, 4.69) is 79.4 Å². The van der Waals surface area contributed by atoms with Crippen LogP contribution in [0.5, 0.6) is 5.75 Å². The molecule has 0 aromatic heterocycles. The van der Waals surface area contributed by atoms with Crippen molar-refractivity contribution in [2.75, 3.05) is 6.61 Å². The van der Waals surface area contributed by atoms with Crippen LogP contribution in [0.25, 0.3) is 0 Å². The van der Waals surface area contributed by atoms with Crippen LogP contribution in [0.3, 0.4) is 0 Å². The van der Waals surface area contributed by atoms with Crippen molar-refractivity contribution in [3.8, 4) is 17.6 Å². The van der Waals surface area contributed by atoms with Gasteiger partial charge in [0.15, 0.2) is 0 Å². The first-order valence-corrected chi connectivity index (χ1v) is 10.3. The second kappa shape index (κ2) is 10.0. The maximum Gasteiger partial charge on any atom is 0.119 e. The fraction of sp³-hybridized carbons (Fsp3) is 0.385. The van der Waals surface area contributed by atoms with Gasteiger partial charge in [0.25, 0.3) is 0 Å². The van der Waals surface area contributed by atoms with Gasteiger partial charge in [0.2, 0.25) is 0 Å². The summed E-state index contributed by atoms with van der Waals surface area (Å²) in [5.74, 6) is 8.77. The minimum absolute atomic E-state index is 0.667. The second-order valence-electron chi connectivity index (χ2n) is 7.29. The van der Waals surface area contributed by atoms with Gasteiger partial charge in [-0.1, -0.05) is 49.1 Å². The Morgan fingerprint density at radius 2 is 1.63 bits per heavy atom. The topological polar surface area (TPSA) is 9.23 Å². The zero-order valence-electron chi connectivity index (χ0n) is 16.6. The van der Waals surface area contributed by atoms with Crippen LogP contribution in [0.2, 0.25) is 0 Å². The molecule has 0 heterocycles. The van der Waals surface area contributed by atoms with Crippen molar-refractivity contribution in [3.05, 3.63) is 77.4 Å². The largest absolute Gasteiger partial charge is 0.494 e. The van der Waals surface area contributed by atoms with Crippen molar-refractivity contribution in [1.29, 1.82) is 0 Å². The van der Waals surface area contributed by atoms with E-state index >= 15 is 0 Å². The van der Waals surface area contributed by atoms with Gasteiger partial charge in [-0.3, -0.25) is 0 Å². The zero-order chi connectivity index (χ0) is 18.9. The van der Waals surface area contributed by atoms with Crippen LogP contribution in [0.15, 0.2) is 60.7 Å². The molecular weight excluding hydrogens is 328 g/mol. The maximum absolute atomic E-state index is 5.54. The van der Waals surface area contributed by atoms with Crippen LogP contribution < -0.4 is 4.74 Å². The van der Waals surface area contributed by atoms with Crippen molar-refractivity contribution in [2.45, 2.75) is 51.9 Å². The smallest absolute Gasteiger partial charge is 0.119 e. The standard InChI is InChI=1S/C26H30O/c1-3-21-9-11-22(12-10-21)7-5-6-8-23-13-15-24(16-14-23)25-17-19-26(20-18-25)27-4-2/h6,8-12,17-20,23-24H,3-4,13-16H2,1-2H3. The van der Waals surface area contributed by atoms with Crippen molar-refractivity contribution in [2.24, 2.45) is 5.92 Å². The molecule has 0 aliphatic heterocycles. The number of rotatable bonds is 5. The van der Waals surface area contributed by atoms with E-state index in [-0.39, 0.29) is 0 Å². The van der Waals surface area contributed by atoms with Crippen LogP contribution in [-0.2, 0) is 6.42 Å². The molecule has 0 N–H and O–H groups in total. The molecule has 0 spiro atoms. The van der Waals surface area contributed by atoms with Crippen molar-refractivity contribution in [3.63, 3.8) is 0 Å². The summed E-state index contributed by atoms with van der Waals surface area (Å²) in [5, 5.41) is 0. The van der Waals surface area contributed by atoms with E-state index < -0.39 is 0 Å². The molecule has 0 unspecified atom stereocenters. The van der Waals surface area contributed by atoms with E-state index in [1.54, 1.807) is 0 Å². The Morgan fingerprint density at radius 1 is 0.926 bits per heavy atom. The quantitative estimate of drug-likeness (QED) is 0.552. The molecule has 0 amide bonds. The zero-order valence-corrected chi connectivity index (χ0v) is 16.6. The summed E-state index contributed by atoms with van der Waals surface area (Å²) < 4.78 is 5.54. The molecule has 0 saturated heterocycles. The van der Waals surface area contributed by atoms with Gasteiger partial charge in [-0.2, -0.15) is 0 Å².